The lowest BCUT2D eigenvalue weighted by atomic mass is 9.96. The molecule has 4 heterocycles. The van der Waals surface area contributed by atoms with Crippen LogP contribution in [-0.2, 0) is 22.7 Å². The zero-order chi connectivity index (χ0) is 29.3. The van der Waals surface area contributed by atoms with Gasteiger partial charge in [0.05, 0.1) is 18.1 Å². The summed E-state index contributed by atoms with van der Waals surface area (Å²) in [7, 11) is 0. The van der Waals surface area contributed by atoms with Gasteiger partial charge in [-0.3, -0.25) is 24.7 Å². The maximum atomic E-state index is 12.9. The Morgan fingerprint density at radius 2 is 1.72 bits per heavy atom. The van der Waals surface area contributed by atoms with Crippen molar-refractivity contribution in [3.8, 4) is 11.3 Å². The monoisotopic (exact) mass is 574 g/mol. The zero-order valence-corrected chi connectivity index (χ0v) is 24.0. The molecule has 1 aromatic heterocycles. The second-order valence-corrected chi connectivity index (χ2v) is 11.7. The molecule has 0 spiro atoms. The molecule has 218 valence electrons. The average Bonchev–Trinajstić information content (AvgIpc) is 3.36. The van der Waals surface area contributed by atoms with Gasteiger partial charge in [-0.1, -0.05) is 54.6 Å². The summed E-state index contributed by atoms with van der Waals surface area (Å²) < 4.78 is 0. The van der Waals surface area contributed by atoms with Crippen LogP contribution in [0.15, 0.2) is 73.1 Å². The standard InChI is InChI=1S/C34H34N6O3/c41-32-11-10-30(33(42)38-32)40-21-25-16-23(8-9-27(25)34(40)43)18-35-17-22-12-14-39(15-13-22)31-20-36-29(19-37-31)28-7-3-5-24-4-1-2-6-26(24)28/h1-9,16,19-20,22,30,35H,10-15,17-18,21H2,(H,38,41,42). The van der Waals surface area contributed by atoms with E-state index < -0.39 is 6.04 Å². The first-order chi connectivity index (χ1) is 21.0. The Bertz CT molecular complexity index is 1690. The van der Waals surface area contributed by atoms with Crippen LogP contribution < -0.4 is 15.5 Å². The molecule has 3 amide bonds. The van der Waals surface area contributed by atoms with Crippen LogP contribution in [-0.4, -0.2) is 58.3 Å². The number of hydrogen-bond acceptors (Lipinski definition) is 7. The van der Waals surface area contributed by atoms with Crippen molar-refractivity contribution in [2.24, 2.45) is 5.92 Å². The first-order valence-electron chi connectivity index (χ1n) is 15.1. The van der Waals surface area contributed by atoms with Crippen molar-refractivity contribution < 1.29 is 14.4 Å². The number of carbonyl (C=O) groups excluding carboxylic acids is 3. The number of benzene rings is 3. The highest BCUT2D eigenvalue weighted by Crippen LogP contribution is 2.30. The molecule has 2 fully saturated rings. The molecule has 0 bridgehead atoms. The summed E-state index contributed by atoms with van der Waals surface area (Å²) in [6, 6.07) is 20.0. The second-order valence-electron chi connectivity index (χ2n) is 11.7. The van der Waals surface area contributed by atoms with E-state index in [1.165, 1.54) is 10.8 Å². The van der Waals surface area contributed by atoms with Gasteiger partial charge in [-0.15, -0.1) is 0 Å². The summed E-state index contributed by atoms with van der Waals surface area (Å²) in [4.78, 5) is 50.2. The number of carbonyl (C=O) groups is 3. The Kier molecular flexibility index (Phi) is 7.32. The van der Waals surface area contributed by atoms with Gasteiger partial charge in [0.15, 0.2) is 0 Å². The molecule has 2 N–H and O–H groups in total. The van der Waals surface area contributed by atoms with Crippen LogP contribution in [0.1, 0.15) is 47.2 Å². The number of rotatable bonds is 7. The highest BCUT2D eigenvalue weighted by atomic mass is 16.2. The Hall–Kier alpha value is -4.63. The minimum Gasteiger partial charge on any atom is -0.355 e. The summed E-state index contributed by atoms with van der Waals surface area (Å²) in [6.07, 6.45) is 6.59. The lowest BCUT2D eigenvalue weighted by Crippen LogP contribution is -2.52. The number of imide groups is 1. The number of aromatic nitrogens is 2. The predicted octanol–water partition coefficient (Wildman–Crippen LogP) is 4.06. The summed E-state index contributed by atoms with van der Waals surface area (Å²) in [6.45, 7) is 3.95. The van der Waals surface area contributed by atoms with E-state index in [-0.39, 0.29) is 24.1 Å². The smallest absolute Gasteiger partial charge is 0.255 e. The van der Waals surface area contributed by atoms with E-state index in [9.17, 15) is 14.4 Å². The van der Waals surface area contributed by atoms with Crippen LogP contribution in [0, 0.1) is 5.92 Å². The fraction of sp³-hybridized carbons (Fsp3) is 0.324. The van der Waals surface area contributed by atoms with E-state index >= 15 is 0 Å². The van der Waals surface area contributed by atoms with Crippen LogP contribution in [0.5, 0.6) is 0 Å². The van der Waals surface area contributed by atoms with E-state index in [4.69, 9.17) is 9.97 Å². The number of fused-ring (bicyclic) bond motifs is 2. The van der Waals surface area contributed by atoms with Crippen molar-refractivity contribution in [3.63, 3.8) is 0 Å². The second kappa shape index (κ2) is 11.6. The van der Waals surface area contributed by atoms with Gasteiger partial charge in [0.2, 0.25) is 11.8 Å². The van der Waals surface area contributed by atoms with Crippen LogP contribution >= 0.6 is 0 Å². The fourth-order valence-corrected chi connectivity index (χ4v) is 6.60. The van der Waals surface area contributed by atoms with Crippen LogP contribution in [0.25, 0.3) is 22.0 Å². The van der Waals surface area contributed by atoms with E-state index in [2.05, 4.69) is 64.1 Å². The average molecular weight is 575 g/mol. The van der Waals surface area contributed by atoms with Gasteiger partial charge in [0, 0.05) is 43.7 Å². The van der Waals surface area contributed by atoms with Crippen molar-refractivity contribution in [2.45, 2.75) is 44.8 Å². The molecule has 9 heteroatoms. The van der Waals surface area contributed by atoms with Gasteiger partial charge in [-0.25, -0.2) is 4.98 Å². The maximum Gasteiger partial charge on any atom is 0.255 e. The molecular formula is C34H34N6O3. The molecule has 9 nitrogen and oxygen atoms in total. The van der Waals surface area contributed by atoms with Crippen molar-refractivity contribution in [2.75, 3.05) is 24.5 Å². The topological polar surface area (TPSA) is 108 Å². The first-order valence-corrected chi connectivity index (χ1v) is 15.1. The number of anilines is 1. The zero-order valence-electron chi connectivity index (χ0n) is 24.0. The third-order valence-electron chi connectivity index (χ3n) is 8.99. The highest BCUT2D eigenvalue weighted by molar-refractivity contribution is 6.05. The molecule has 1 atom stereocenters. The van der Waals surface area contributed by atoms with Gasteiger partial charge in [0.25, 0.3) is 5.91 Å². The van der Waals surface area contributed by atoms with E-state index in [1.807, 2.05) is 24.5 Å². The molecule has 4 aromatic rings. The molecule has 0 radical (unpaired) electrons. The number of piperidine rings is 2. The quantitative estimate of drug-likeness (QED) is 0.321. The largest absolute Gasteiger partial charge is 0.355 e. The van der Waals surface area contributed by atoms with Crippen LogP contribution in [0.2, 0.25) is 0 Å². The Morgan fingerprint density at radius 1 is 0.884 bits per heavy atom. The van der Waals surface area contributed by atoms with E-state index in [0.717, 1.165) is 67.2 Å². The van der Waals surface area contributed by atoms with Gasteiger partial charge < -0.3 is 15.1 Å². The maximum absolute atomic E-state index is 12.9. The molecule has 7 rings (SSSR count). The molecule has 0 aliphatic carbocycles. The molecule has 3 aliphatic rings. The molecule has 0 saturated carbocycles. The molecule has 43 heavy (non-hydrogen) atoms. The molecule has 3 aromatic carbocycles. The lowest BCUT2D eigenvalue weighted by molar-refractivity contribution is -0.136. The lowest BCUT2D eigenvalue weighted by Gasteiger charge is -2.32. The highest BCUT2D eigenvalue weighted by Gasteiger charge is 2.39. The first kappa shape index (κ1) is 27.2. The Balaban J connectivity index is 0.899. The SMILES string of the molecule is O=C1CCC(N2Cc3cc(CNCC4CCN(c5cnc(-c6cccc7ccccc67)cn5)CC4)ccc3C2=O)C(=O)N1. The summed E-state index contributed by atoms with van der Waals surface area (Å²) in [5.74, 6) is 0.719. The summed E-state index contributed by atoms with van der Waals surface area (Å²) >= 11 is 0. The number of nitrogens with zero attached hydrogens (tertiary/aromatic N) is 4. The van der Waals surface area contributed by atoms with Gasteiger partial charge >= 0.3 is 0 Å². The molecule has 3 aliphatic heterocycles. The minimum atomic E-state index is -0.585. The van der Waals surface area contributed by atoms with Crippen molar-refractivity contribution in [1.82, 2.24) is 25.5 Å². The molecular weight excluding hydrogens is 540 g/mol. The van der Waals surface area contributed by atoms with E-state index in [1.54, 1.807) is 4.90 Å². The van der Waals surface area contributed by atoms with Crippen LogP contribution in [0.3, 0.4) is 0 Å². The predicted molar refractivity (Wildman–Crippen MR) is 164 cm³/mol. The van der Waals surface area contributed by atoms with Gasteiger partial charge in [-0.2, -0.15) is 0 Å². The summed E-state index contributed by atoms with van der Waals surface area (Å²) in [5.41, 5.74) is 4.70. The third-order valence-corrected chi connectivity index (χ3v) is 8.99. The van der Waals surface area contributed by atoms with Crippen molar-refractivity contribution in [1.29, 1.82) is 0 Å². The summed E-state index contributed by atoms with van der Waals surface area (Å²) in [5, 5.41) is 8.35. The Morgan fingerprint density at radius 3 is 2.53 bits per heavy atom. The minimum absolute atomic E-state index is 0.136. The van der Waals surface area contributed by atoms with E-state index in [0.29, 0.717) is 24.4 Å². The third kappa shape index (κ3) is 5.48. The Labute approximate surface area is 250 Å². The van der Waals surface area contributed by atoms with Crippen molar-refractivity contribution >= 4 is 34.3 Å². The normalized spacial score (nSPS) is 19.2. The molecule has 1 unspecified atom stereocenters. The molecule has 2 saturated heterocycles. The van der Waals surface area contributed by atoms with Gasteiger partial charge in [-0.05, 0) is 59.7 Å². The number of nitrogens with one attached hydrogen (secondary N) is 2. The van der Waals surface area contributed by atoms with Crippen LogP contribution in [0.4, 0.5) is 5.82 Å². The van der Waals surface area contributed by atoms with Crippen molar-refractivity contribution in [3.05, 3.63) is 89.7 Å². The number of amides is 3. The fourth-order valence-electron chi connectivity index (χ4n) is 6.60. The number of hydrogen-bond donors (Lipinski definition) is 2. The van der Waals surface area contributed by atoms with Gasteiger partial charge in [0.1, 0.15) is 11.9 Å².